The van der Waals surface area contributed by atoms with Gasteiger partial charge in [0.05, 0.1) is 23.1 Å². The highest BCUT2D eigenvalue weighted by molar-refractivity contribution is 7.17. The molecular weight excluding hydrogens is 466 g/mol. The standard InChI is InChI=1S/C25H25N5O4S/c1-3-29-20(26)15(13-16-21(29)27-18-11-7-8-12-30(18)24(16)32)22(31)28-23-19(25(33)34-4-2)14-9-5-6-10-17(14)35-23/h7-8,11-13,26H,3-6,9-10H2,1-2H3,(H,28,31). The van der Waals surface area contributed by atoms with E-state index in [1.165, 1.54) is 21.8 Å². The second kappa shape index (κ2) is 9.10. The summed E-state index contributed by atoms with van der Waals surface area (Å²) in [6, 6.07) is 6.67. The molecule has 0 fully saturated rings. The zero-order valence-electron chi connectivity index (χ0n) is 19.5. The van der Waals surface area contributed by atoms with Crippen molar-refractivity contribution in [2.45, 2.75) is 46.1 Å². The summed E-state index contributed by atoms with van der Waals surface area (Å²) in [7, 11) is 0. The predicted molar refractivity (Wildman–Crippen MR) is 133 cm³/mol. The molecule has 0 saturated heterocycles. The summed E-state index contributed by atoms with van der Waals surface area (Å²) in [5.41, 5.74) is 1.83. The van der Waals surface area contributed by atoms with Crippen LogP contribution in [0.2, 0.25) is 0 Å². The van der Waals surface area contributed by atoms with Gasteiger partial charge >= 0.3 is 5.97 Å². The molecule has 9 nitrogen and oxygen atoms in total. The summed E-state index contributed by atoms with van der Waals surface area (Å²) in [4.78, 5) is 45.1. The molecular formula is C25H25N5O4S. The molecule has 1 aliphatic carbocycles. The molecule has 0 bridgehead atoms. The van der Waals surface area contributed by atoms with Crippen LogP contribution in [0.25, 0.3) is 16.7 Å². The molecule has 4 heterocycles. The van der Waals surface area contributed by atoms with Crippen LogP contribution in [0, 0.1) is 5.41 Å². The molecule has 0 unspecified atom stereocenters. The van der Waals surface area contributed by atoms with Crippen LogP contribution in [0.15, 0.2) is 35.3 Å². The van der Waals surface area contributed by atoms with E-state index in [4.69, 9.17) is 10.1 Å². The lowest BCUT2D eigenvalue weighted by Gasteiger charge is -2.14. The van der Waals surface area contributed by atoms with Gasteiger partial charge in [-0.1, -0.05) is 6.07 Å². The van der Waals surface area contributed by atoms with Crippen molar-refractivity contribution in [1.29, 1.82) is 5.41 Å². The van der Waals surface area contributed by atoms with Gasteiger partial charge in [-0.2, -0.15) is 0 Å². The summed E-state index contributed by atoms with van der Waals surface area (Å²) >= 11 is 1.38. The van der Waals surface area contributed by atoms with Crippen molar-refractivity contribution < 1.29 is 14.3 Å². The van der Waals surface area contributed by atoms with E-state index >= 15 is 0 Å². The van der Waals surface area contributed by atoms with Crippen molar-refractivity contribution in [3.8, 4) is 0 Å². The molecule has 0 atom stereocenters. The fourth-order valence-electron chi connectivity index (χ4n) is 4.61. The zero-order valence-corrected chi connectivity index (χ0v) is 20.3. The maximum absolute atomic E-state index is 13.4. The first-order valence-electron chi connectivity index (χ1n) is 11.7. The number of aromatic nitrogens is 3. The Morgan fingerprint density at radius 2 is 2.03 bits per heavy atom. The fraction of sp³-hybridized carbons (Fsp3) is 0.320. The number of aryl methyl sites for hydroxylation is 2. The molecule has 0 aromatic carbocycles. The van der Waals surface area contributed by atoms with Crippen LogP contribution < -0.4 is 16.4 Å². The maximum atomic E-state index is 13.4. The summed E-state index contributed by atoms with van der Waals surface area (Å²) in [6.45, 7) is 4.17. The molecule has 1 aliphatic rings. The first-order chi connectivity index (χ1) is 16.9. The van der Waals surface area contributed by atoms with Gasteiger partial charge in [-0.3, -0.25) is 19.4 Å². The molecule has 0 saturated carbocycles. The molecule has 10 heteroatoms. The van der Waals surface area contributed by atoms with Crippen molar-refractivity contribution in [2.24, 2.45) is 0 Å². The second-order valence-electron chi connectivity index (χ2n) is 8.32. The lowest BCUT2D eigenvalue weighted by Crippen LogP contribution is -2.32. The summed E-state index contributed by atoms with van der Waals surface area (Å²) in [6.07, 6.45) is 5.25. The monoisotopic (exact) mass is 491 g/mol. The smallest absolute Gasteiger partial charge is 0.341 e. The number of thiophene rings is 1. The topological polar surface area (TPSA) is 119 Å². The predicted octanol–water partition coefficient (Wildman–Crippen LogP) is 3.52. The van der Waals surface area contributed by atoms with Crippen molar-refractivity contribution >= 4 is 44.9 Å². The van der Waals surface area contributed by atoms with Gasteiger partial charge in [0.25, 0.3) is 11.5 Å². The number of rotatable bonds is 5. The lowest BCUT2D eigenvalue weighted by atomic mass is 9.95. The zero-order chi connectivity index (χ0) is 24.7. The number of fused-ring (bicyclic) bond motifs is 3. The molecule has 4 aromatic rings. The van der Waals surface area contributed by atoms with E-state index < -0.39 is 11.9 Å². The number of pyridine rings is 2. The van der Waals surface area contributed by atoms with Gasteiger partial charge in [-0.15, -0.1) is 11.3 Å². The number of nitrogens with zero attached hydrogens (tertiary/aromatic N) is 3. The van der Waals surface area contributed by atoms with Gasteiger partial charge in [0.1, 0.15) is 21.8 Å². The maximum Gasteiger partial charge on any atom is 0.341 e. The number of carbonyl (C=O) groups excluding carboxylic acids is 2. The first kappa shape index (κ1) is 23.0. The SMILES string of the molecule is CCOC(=O)c1c(NC(=O)c2cc3c(=O)n4ccccc4nc3n(CC)c2=N)sc2c1CCCC2. The molecule has 0 aliphatic heterocycles. The third-order valence-corrected chi connectivity index (χ3v) is 7.46. The normalized spacial score (nSPS) is 13.1. The van der Waals surface area contributed by atoms with Crippen molar-refractivity contribution in [2.75, 3.05) is 11.9 Å². The van der Waals surface area contributed by atoms with E-state index in [1.807, 2.05) is 6.92 Å². The Bertz CT molecular complexity index is 1610. The van der Waals surface area contributed by atoms with Gasteiger partial charge in [0, 0.05) is 17.6 Å². The van der Waals surface area contributed by atoms with Gasteiger partial charge in [-0.25, -0.2) is 9.78 Å². The number of carbonyl (C=O) groups is 2. The number of hydrogen-bond donors (Lipinski definition) is 2. The Labute approximate surface area is 204 Å². The molecule has 0 radical (unpaired) electrons. The Morgan fingerprint density at radius 3 is 2.80 bits per heavy atom. The first-order valence-corrected chi connectivity index (χ1v) is 12.5. The van der Waals surface area contributed by atoms with Crippen LogP contribution in [0.1, 0.15) is 57.8 Å². The van der Waals surface area contributed by atoms with Crippen LogP contribution in [0.5, 0.6) is 0 Å². The third kappa shape index (κ3) is 3.83. The molecule has 0 spiro atoms. The van der Waals surface area contributed by atoms with E-state index in [0.29, 0.717) is 28.4 Å². The number of ether oxygens (including phenoxy) is 1. The minimum Gasteiger partial charge on any atom is -0.462 e. The Kier molecular flexibility index (Phi) is 5.98. The van der Waals surface area contributed by atoms with Gasteiger partial charge in [0.15, 0.2) is 0 Å². The van der Waals surface area contributed by atoms with Gasteiger partial charge in [0.2, 0.25) is 0 Å². The number of esters is 1. The minimum absolute atomic E-state index is 0.0373. The van der Waals surface area contributed by atoms with E-state index in [0.717, 1.165) is 36.1 Å². The van der Waals surface area contributed by atoms with Crippen molar-refractivity contribution in [3.05, 3.63) is 67.9 Å². The minimum atomic E-state index is -0.555. The summed E-state index contributed by atoms with van der Waals surface area (Å²) < 4.78 is 8.24. The largest absolute Gasteiger partial charge is 0.462 e. The van der Waals surface area contributed by atoms with E-state index in [-0.39, 0.29) is 28.6 Å². The summed E-state index contributed by atoms with van der Waals surface area (Å²) in [5, 5.41) is 12.2. The van der Waals surface area contributed by atoms with Crippen LogP contribution >= 0.6 is 11.3 Å². The molecule has 180 valence electrons. The van der Waals surface area contributed by atoms with Crippen LogP contribution in [-0.4, -0.2) is 32.4 Å². The molecule has 2 N–H and O–H groups in total. The average molecular weight is 492 g/mol. The van der Waals surface area contributed by atoms with Crippen molar-refractivity contribution in [1.82, 2.24) is 14.0 Å². The summed E-state index contributed by atoms with van der Waals surface area (Å²) in [5.74, 6) is -1.01. The highest BCUT2D eigenvalue weighted by Crippen LogP contribution is 2.38. The highest BCUT2D eigenvalue weighted by atomic mass is 32.1. The van der Waals surface area contributed by atoms with Crippen LogP contribution in [-0.2, 0) is 24.1 Å². The van der Waals surface area contributed by atoms with Gasteiger partial charge in [-0.05, 0) is 63.3 Å². The quantitative estimate of drug-likeness (QED) is 0.327. The van der Waals surface area contributed by atoms with E-state index in [1.54, 1.807) is 35.9 Å². The Morgan fingerprint density at radius 1 is 1.23 bits per heavy atom. The van der Waals surface area contributed by atoms with Gasteiger partial charge < -0.3 is 14.6 Å². The number of amides is 1. The number of hydrogen-bond acceptors (Lipinski definition) is 7. The molecule has 5 rings (SSSR count). The fourth-order valence-corrected chi connectivity index (χ4v) is 5.88. The molecule has 35 heavy (non-hydrogen) atoms. The van der Waals surface area contributed by atoms with E-state index in [2.05, 4.69) is 10.3 Å². The Balaban J connectivity index is 1.64. The van der Waals surface area contributed by atoms with E-state index in [9.17, 15) is 14.4 Å². The van der Waals surface area contributed by atoms with Crippen LogP contribution in [0.3, 0.4) is 0 Å². The Hall–Kier alpha value is -3.79. The number of nitrogens with one attached hydrogen (secondary N) is 2. The number of anilines is 1. The second-order valence-corrected chi connectivity index (χ2v) is 9.43. The molecule has 4 aromatic heterocycles. The highest BCUT2D eigenvalue weighted by Gasteiger charge is 2.28. The average Bonchev–Trinajstić information content (AvgIpc) is 3.22. The third-order valence-electron chi connectivity index (χ3n) is 6.26. The molecule has 1 amide bonds. The lowest BCUT2D eigenvalue weighted by molar-refractivity contribution is 0.0526. The van der Waals surface area contributed by atoms with Crippen molar-refractivity contribution in [3.63, 3.8) is 0 Å². The van der Waals surface area contributed by atoms with Crippen LogP contribution in [0.4, 0.5) is 5.00 Å².